The van der Waals surface area contributed by atoms with Crippen molar-refractivity contribution in [2.24, 2.45) is 0 Å². The maximum absolute atomic E-state index is 11.2. The summed E-state index contributed by atoms with van der Waals surface area (Å²) >= 11 is 0. The number of rotatable bonds is 2. The normalized spacial score (nSPS) is 12.0. The van der Waals surface area contributed by atoms with Gasteiger partial charge in [-0.25, -0.2) is 4.79 Å². The van der Waals surface area contributed by atoms with Crippen molar-refractivity contribution < 1.29 is 14.7 Å². The van der Waals surface area contributed by atoms with Crippen molar-refractivity contribution in [3.63, 3.8) is 0 Å². The molecule has 0 saturated heterocycles. The highest BCUT2D eigenvalue weighted by molar-refractivity contribution is 5.99. The van der Waals surface area contributed by atoms with Crippen molar-refractivity contribution in [3.05, 3.63) is 77.1 Å². The molecule has 0 spiro atoms. The largest absolute Gasteiger partial charge is 0.477 e. The van der Waals surface area contributed by atoms with Gasteiger partial charge in [-0.3, -0.25) is 4.79 Å². The third-order valence-electron chi connectivity index (χ3n) is 4.21. The highest BCUT2D eigenvalue weighted by Crippen LogP contribution is 2.29. The average Bonchev–Trinajstić information content (AvgIpc) is 3.16. The zero-order valence-electron chi connectivity index (χ0n) is 14.7. The van der Waals surface area contributed by atoms with Gasteiger partial charge in [0.25, 0.3) is 0 Å². The molecule has 0 bridgehead atoms. The number of carboxylic acids is 1. The van der Waals surface area contributed by atoms with Gasteiger partial charge in [-0.05, 0) is 48.2 Å². The van der Waals surface area contributed by atoms with Crippen molar-refractivity contribution in [1.82, 2.24) is 4.98 Å². The van der Waals surface area contributed by atoms with Gasteiger partial charge in [-0.2, -0.15) is 0 Å². The number of aromatic carboxylic acids is 1. The molecule has 2 heterocycles. The Morgan fingerprint density at radius 1 is 1.00 bits per heavy atom. The molecular weight excluding hydrogens is 328 g/mol. The number of fused-ring (bicyclic) bond motifs is 1. The van der Waals surface area contributed by atoms with E-state index in [0.717, 1.165) is 28.1 Å². The van der Waals surface area contributed by atoms with Gasteiger partial charge in [0.2, 0.25) is 5.91 Å². The molecule has 3 aromatic rings. The minimum atomic E-state index is -0.898. The van der Waals surface area contributed by atoms with E-state index >= 15 is 0 Å². The summed E-state index contributed by atoms with van der Waals surface area (Å²) in [5.41, 5.74) is 6.31. The Morgan fingerprint density at radius 3 is 2.31 bits per heavy atom. The number of hydrogen-bond donors (Lipinski definition) is 3. The number of nitrogens with one attached hydrogen (secondary N) is 2. The number of benzene rings is 2. The molecule has 1 amide bonds. The van der Waals surface area contributed by atoms with Gasteiger partial charge in [0, 0.05) is 11.4 Å². The van der Waals surface area contributed by atoms with Gasteiger partial charge in [0.15, 0.2) is 0 Å². The predicted molar refractivity (Wildman–Crippen MR) is 101 cm³/mol. The van der Waals surface area contributed by atoms with Crippen molar-refractivity contribution in [1.29, 1.82) is 0 Å². The first-order chi connectivity index (χ1) is 12.4. The van der Waals surface area contributed by atoms with Gasteiger partial charge < -0.3 is 15.4 Å². The topological polar surface area (TPSA) is 82.2 Å². The van der Waals surface area contributed by atoms with Crippen molar-refractivity contribution in [2.75, 3.05) is 5.32 Å². The SMILES string of the molecule is Cc1cc(C)c(C(=O)O)[nH]1.O=C1Cc2ccc(-c3ccccc3)cc2N1. The summed E-state index contributed by atoms with van der Waals surface area (Å²) in [6.07, 6.45) is 0.504. The Hall–Kier alpha value is -3.34. The van der Waals surface area contributed by atoms with Crippen molar-refractivity contribution >= 4 is 17.6 Å². The second-order valence-corrected chi connectivity index (χ2v) is 6.28. The lowest BCUT2D eigenvalue weighted by Crippen LogP contribution is -2.03. The number of hydrogen-bond acceptors (Lipinski definition) is 2. The predicted octanol–water partition coefficient (Wildman–Crippen LogP) is 4.18. The van der Waals surface area contributed by atoms with Gasteiger partial charge in [0.1, 0.15) is 5.69 Å². The highest BCUT2D eigenvalue weighted by Gasteiger charge is 2.17. The Balaban J connectivity index is 0.000000170. The Bertz CT molecular complexity index is 959. The van der Waals surface area contributed by atoms with Crippen LogP contribution in [0.3, 0.4) is 0 Å². The lowest BCUT2D eigenvalue weighted by molar-refractivity contribution is -0.115. The molecule has 0 saturated carbocycles. The quantitative estimate of drug-likeness (QED) is 0.650. The molecule has 0 fully saturated rings. The van der Waals surface area contributed by atoms with Crippen molar-refractivity contribution in [3.8, 4) is 11.1 Å². The van der Waals surface area contributed by atoms with Gasteiger partial charge in [0.05, 0.1) is 6.42 Å². The number of aromatic nitrogens is 1. The Kier molecular flexibility index (Phi) is 4.89. The van der Waals surface area contributed by atoms with E-state index in [-0.39, 0.29) is 11.6 Å². The number of carboxylic acid groups (broad SMARTS) is 1. The van der Waals surface area contributed by atoms with Crippen LogP contribution in [-0.2, 0) is 11.2 Å². The molecule has 26 heavy (non-hydrogen) atoms. The molecule has 1 aromatic heterocycles. The molecule has 0 atom stereocenters. The molecule has 0 radical (unpaired) electrons. The first-order valence-corrected chi connectivity index (χ1v) is 8.32. The maximum Gasteiger partial charge on any atom is 0.352 e. The van der Waals surface area contributed by atoms with E-state index in [1.54, 1.807) is 6.92 Å². The zero-order chi connectivity index (χ0) is 18.7. The molecule has 5 heteroatoms. The van der Waals surface area contributed by atoms with E-state index in [9.17, 15) is 9.59 Å². The first-order valence-electron chi connectivity index (χ1n) is 8.32. The van der Waals surface area contributed by atoms with Crippen LogP contribution in [0.15, 0.2) is 54.6 Å². The smallest absolute Gasteiger partial charge is 0.352 e. The highest BCUT2D eigenvalue weighted by atomic mass is 16.4. The summed E-state index contributed by atoms with van der Waals surface area (Å²) in [6.45, 7) is 3.60. The monoisotopic (exact) mass is 348 g/mol. The van der Waals surface area contributed by atoms with Gasteiger partial charge >= 0.3 is 5.97 Å². The lowest BCUT2D eigenvalue weighted by Gasteiger charge is -2.04. The van der Waals surface area contributed by atoms with Crippen LogP contribution in [0.4, 0.5) is 5.69 Å². The average molecular weight is 348 g/mol. The van der Waals surface area contributed by atoms with Crippen LogP contribution in [-0.4, -0.2) is 22.0 Å². The van der Waals surface area contributed by atoms with E-state index in [2.05, 4.69) is 28.5 Å². The minimum Gasteiger partial charge on any atom is -0.477 e. The van der Waals surface area contributed by atoms with E-state index in [1.165, 1.54) is 5.56 Å². The third kappa shape index (κ3) is 3.83. The Labute approximate surface area is 151 Å². The fraction of sp³-hybridized carbons (Fsp3) is 0.143. The molecule has 1 aliphatic heterocycles. The zero-order valence-corrected chi connectivity index (χ0v) is 14.7. The minimum absolute atomic E-state index is 0.0835. The maximum atomic E-state index is 11.2. The summed E-state index contributed by atoms with van der Waals surface area (Å²) in [4.78, 5) is 24.4. The number of anilines is 1. The number of carbonyl (C=O) groups is 2. The molecule has 132 valence electrons. The third-order valence-corrected chi connectivity index (χ3v) is 4.21. The van der Waals surface area contributed by atoms with Crippen LogP contribution in [0, 0.1) is 13.8 Å². The lowest BCUT2D eigenvalue weighted by atomic mass is 10.0. The summed E-state index contributed by atoms with van der Waals surface area (Å²) < 4.78 is 0. The molecule has 1 aliphatic rings. The summed E-state index contributed by atoms with van der Waals surface area (Å²) in [5, 5.41) is 11.4. The van der Waals surface area contributed by atoms with Gasteiger partial charge in [-0.1, -0.05) is 42.5 Å². The summed E-state index contributed by atoms with van der Waals surface area (Å²) in [5.74, 6) is -0.814. The number of H-pyrrole nitrogens is 1. The van der Waals surface area contributed by atoms with Crippen LogP contribution in [0.25, 0.3) is 11.1 Å². The molecule has 4 rings (SSSR count). The van der Waals surface area contributed by atoms with Crippen LogP contribution in [0.2, 0.25) is 0 Å². The van der Waals surface area contributed by atoms with Crippen LogP contribution in [0.5, 0.6) is 0 Å². The molecule has 5 nitrogen and oxygen atoms in total. The van der Waals surface area contributed by atoms with E-state index in [0.29, 0.717) is 6.42 Å². The molecular formula is C21H20N2O3. The Morgan fingerprint density at radius 2 is 1.73 bits per heavy atom. The fourth-order valence-electron chi connectivity index (χ4n) is 2.98. The van der Waals surface area contributed by atoms with E-state index in [4.69, 9.17) is 5.11 Å². The van der Waals surface area contributed by atoms with Crippen molar-refractivity contribution in [2.45, 2.75) is 20.3 Å². The van der Waals surface area contributed by atoms with Crippen LogP contribution < -0.4 is 5.32 Å². The number of amides is 1. The number of aromatic amines is 1. The first kappa shape index (κ1) is 17.5. The second kappa shape index (κ2) is 7.27. The van der Waals surface area contributed by atoms with Crippen LogP contribution in [0.1, 0.15) is 27.3 Å². The van der Waals surface area contributed by atoms with Gasteiger partial charge in [-0.15, -0.1) is 0 Å². The van der Waals surface area contributed by atoms with E-state index in [1.807, 2.05) is 43.3 Å². The van der Waals surface area contributed by atoms with E-state index < -0.39 is 5.97 Å². The fourth-order valence-corrected chi connectivity index (χ4v) is 2.98. The number of aryl methyl sites for hydroxylation is 2. The molecule has 3 N–H and O–H groups in total. The van der Waals surface area contributed by atoms with Crippen LogP contribution >= 0.6 is 0 Å². The molecule has 0 aliphatic carbocycles. The summed E-state index contributed by atoms with van der Waals surface area (Å²) in [6, 6.07) is 18.1. The number of carbonyl (C=O) groups excluding carboxylic acids is 1. The second-order valence-electron chi connectivity index (χ2n) is 6.28. The molecule has 2 aromatic carbocycles. The molecule has 0 unspecified atom stereocenters. The summed E-state index contributed by atoms with van der Waals surface area (Å²) in [7, 11) is 0. The standard InChI is InChI=1S/C14H11NO.C7H9NO2/c16-14-9-12-7-6-11(8-13(12)15-14)10-4-2-1-3-5-10;1-4-3-5(2)8-6(4)7(9)10/h1-8H,9H2,(H,15,16);3,8H,1-2H3,(H,9,10).